The van der Waals surface area contributed by atoms with E-state index in [-0.39, 0.29) is 24.1 Å². The molecule has 34 heavy (non-hydrogen) atoms. The van der Waals surface area contributed by atoms with Gasteiger partial charge in [0.25, 0.3) is 0 Å². The number of benzene rings is 2. The van der Waals surface area contributed by atoms with Gasteiger partial charge < -0.3 is 23.5 Å². The van der Waals surface area contributed by atoms with E-state index in [2.05, 4.69) is 0 Å². The first-order valence-corrected chi connectivity index (χ1v) is 11.8. The van der Waals surface area contributed by atoms with Gasteiger partial charge in [0.05, 0.1) is 31.3 Å². The standard InChI is InChI=1S/C26H30BFO6/c1-25(2)26(3,4)34-27(33-25)19-9-10-20(28)24-18(19)8-11-21(24)32-16-6-7-17-15(12-23(29)30-5)14-31-22(17)13-16/h6-7,9-10,13,15,21H,8,11-12,14H2,1-5H3/t15-,21?/m1/s1. The highest BCUT2D eigenvalue weighted by atomic mass is 19.1. The molecule has 2 heterocycles. The Bertz CT molecular complexity index is 1110. The van der Waals surface area contributed by atoms with E-state index in [9.17, 15) is 4.79 Å². The topological polar surface area (TPSA) is 63.2 Å². The summed E-state index contributed by atoms with van der Waals surface area (Å²) in [5.74, 6) is 0.710. The molecular formula is C26H30BFO6. The summed E-state index contributed by atoms with van der Waals surface area (Å²) in [5.41, 5.74) is 2.35. The van der Waals surface area contributed by atoms with E-state index in [0.717, 1.165) is 16.6 Å². The fourth-order valence-electron chi connectivity index (χ4n) is 4.96. The first-order chi connectivity index (χ1) is 16.1. The number of hydrogen-bond acceptors (Lipinski definition) is 6. The summed E-state index contributed by atoms with van der Waals surface area (Å²) in [4.78, 5) is 11.7. The Morgan fingerprint density at radius 2 is 1.88 bits per heavy atom. The normalized spacial score (nSPS) is 23.9. The summed E-state index contributed by atoms with van der Waals surface area (Å²) >= 11 is 0. The van der Waals surface area contributed by atoms with Crippen LogP contribution in [-0.4, -0.2) is 38.0 Å². The van der Waals surface area contributed by atoms with Gasteiger partial charge in [-0.25, -0.2) is 4.39 Å². The summed E-state index contributed by atoms with van der Waals surface area (Å²) in [6.07, 6.45) is 1.20. The zero-order valence-electron chi connectivity index (χ0n) is 20.3. The predicted octanol–water partition coefficient (Wildman–Crippen LogP) is 4.23. The van der Waals surface area contributed by atoms with Crippen molar-refractivity contribution in [2.24, 2.45) is 0 Å². The second-order valence-electron chi connectivity index (χ2n) is 10.3. The molecule has 3 aliphatic rings. The number of ether oxygens (including phenoxy) is 3. The third kappa shape index (κ3) is 3.87. The molecular weight excluding hydrogens is 438 g/mol. The van der Waals surface area contributed by atoms with Crippen molar-refractivity contribution in [2.75, 3.05) is 13.7 Å². The number of methoxy groups -OCH3 is 1. The average Bonchev–Trinajstić information content (AvgIpc) is 3.43. The third-order valence-corrected chi connectivity index (χ3v) is 7.61. The van der Waals surface area contributed by atoms with Crippen LogP contribution in [0.5, 0.6) is 11.5 Å². The van der Waals surface area contributed by atoms with Crippen LogP contribution in [0.2, 0.25) is 0 Å². The van der Waals surface area contributed by atoms with Crippen LogP contribution in [0.15, 0.2) is 30.3 Å². The Labute approximate surface area is 199 Å². The fourth-order valence-corrected chi connectivity index (χ4v) is 4.96. The molecule has 8 heteroatoms. The van der Waals surface area contributed by atoms with Crippen LogP contribution in [-0.2, 0) is 25.3 Å². The minimum atomic E-state index is -0.543. The molecule has 2 aromatic carbocycles. The minimum Gasteiger partial charge on any atom is -0.492 e. The maximum absolute atomic E-state index is 15.0. The van der Waals surface area contributed by atoms with Crippen LogP contribution in [0.3, 0.4) is 0 Å². The highest BCUT2D eigenvalue weighted by Crippen LogP contribution is 2.42. The van der Waals surface area contributed by atoms with Gasteiger partial charge in [-0.15, -0.1) is 0 Å². The van der Waals surface area contributed by atoms with Crippen molar-refractivity contribution in [1.82, 2.24) is 0 Å². The molecule has 0 saturated carbocycles. The molecule has 0 amide bonds. The highest BCUT2D eigenvalue weighted by molar-refractivity contribution is 6.62. The summed E-state index contributed by atoms with van der Waals surface area (Å²) < 4.78 is 44.3. The van der Waals surface area contributed by atoms with E-state index in [4.69, 9.17) is 23.5 Å². The van der Waals surface area contributed by atoms with E-state index in [1.54, 1.807) is 6.07 Å². The smallest absolute Gasteiger partial charge is 0.492 e. The zero-order chi connectivity index (χ0) is 24.3. The molecule has 5 rings (SSSR count). The van der Waals surface area contributed by atoms with Gasteiger partial charge in [-0.3, -0.25) is 4.79 Å². The van der Waals surface area contributed by atoms with Crippen LogP contribution in [0.4, 0.5) is 4.39 Å². The first kappa shape index (κ1) is 23.2. The molecule has 0 spiro atoms. The summed E-state index contributed by atoms with van der Waals surface area (Å²) in [7, 11) is 0.838. The molecule has 2 aromatic rings. The van der Waals surface area contributed by atoms with E-state index < -0.39 is 24.4 Å². The Balaban J connectivity index is 1.37. The van der Waals surface area contributed by atoms with Crippen molar-refractivity contribution in [1.29, 1.82) is 0 Å². The number of halogens is 1. The lowest BCUT2D eigenvalue weighted by molar-refractivity contribution is -0.141. The van der Waals surface area contributed by atoms with E-state index in [1.807, 2.05) is 45.9 Å². The maximum Gasteiger partial charge on any atom is 0.495 e. The predicted molar refractivity (Wildman–Crippen MR) is 125 cm³/mol. The van der Waals surface area contributed by atoms with Crippen molar-refractivity contribution in [3.05, 3.63) is 52.8 Å². The van der Waals surface area contributed by atoms with Gasteiger partial charge in [0.2, 0.25) is 0 Å². The van der Waals surface area contributed by atoms with Crippen molar-refractivity contribution < 1.29 is 32.7 Å². The van der Waals surface area contributed by atoms with Crippen molar-refractivity contribution >= 4 is 18.6 Å². The molecule has 2 atom stereocenters. The summed E-state index contributed by atoms with van der Waals surface area (Å²) in [6, 6.07) is 8.83. The molecule has 180 valence electrons. The number of carbonyl (C=O) groups is 1. The number of hydrogen-bond donors (Lipinski definition) is 0. The minimum absolute atomic E-state index is 0.0383. The van der Waals surface area contributed by atoms with Crippen LogP contribution in [0.1, 0.15) is 69.2 Å². The number of carbonyl (C=O) groups excluding carboxylic acids is 1. The van der Waals surface area contributed by atoms with Crippen molar-refractivity contribution in [2.45, 2.75) is 70.2 Å². The number of esters is 1. The van der Waals surface area contributed by atoms with Gasteiger partial charge in [-0.1, -0.05) is 12.1 Å². The van der Waals surface area contributed by atoms with Crippen LogP contribution >= 0.6 is 0 Å². The lowest BCUT2D eigenvalue weighted by Crippen LogP contribution is -2.41. The van der Waals surface area contributed by atoms with Crippen LogP contribution < -0.4 is 14.9 Å². The van der Waals surface area contributed by atoms with Gasteiger partial charge >= 0.3 is 13.1 Å². The van der Waals surface area contributed by atoms with Gasteiger partial charge in [0.1, 0.15) is 23.4 Å². The SMILES string of the molecule is COC(=O)C[C@@H]1COc2cc(OC3CCc4c(B5OC(C)(C)C(C)(C)O5)ccc(F)c43)ccc21. The van der Waals surface area contributed by atoms with Crippen molar-refractivity contribution in [3.8, 4) is 11.5 Å². The zero-order valence-corrected chi connectivity index (χ0v) is 20.3. The highest BCUT2D eigenvalue weighted by Gasteiger charge is 2.52. The largest absolute Gasteiger partial charge is 0.495 e. The van der Waals surface area contributed by atoms with Gasteiger partial charge in [0, 0.05) is 23.1 Å². The van der Waals surface area contributed by atoms with Gasteiger partial charge in [-0.2, -0.15) is 0 Å². The van der Waals surface area contributed by atoms with E-state index >= 15 is 4.39 Å². The Morgan fingerprint density at radius 3 is 2.59 bits per heavy atom. The molecule has 0 radical (unpaired) electrons. The first-order valence-electron chi connectivity index (χ1n) is 11.8. The molecule has 1 unspecified atom stereocenters. The monoisotopic (exact) mass is 468 g/mol. The van der Waals surface area contributed by atoms with Crippen LogP contribution in [0.25, 0.3) is 0 Å². The molecule has 1 fully saturated rings. The van der Waals surface area contributed by atoms with Gasteiger partial charge in [0.15, 0.2) is 0 Å². The lowest BCUT2D eigenvalue weighted by Gasteiger charge is -2.32. The molecule has 0 N–H and O–H groups in total. The third-order valence-electron chi connectivity index (χ3n) is 7.61. The Kier molecular flexibility index (Phi) is 5.64. The molecule has 1 aliphatic carbocycles. The molecule has 6 nitrogen and oxygen atoms in total. The van der Waals surface area contributed by atoms with Gasteiger partial charge in [-0.05, 0) is 63.7 Å². The fraction of sp³-hybridized carbons (Fsp3) is 0.500. The summed E-state index contributed by atoms with van der Waals surface area (Å²) in [5, 5.41) is 0. The van der Waals surface area contributed by atoms with E-state index in [1.165, 1.54) is 13.2 Å². The molecule has 2 aliphatic heterocycles. The quantitative estimate of drug-likeness (QED) is 0.484. The number of rotatable bonds is 5. The maximum atomic E-state index is 15.0. The Hall–Kier alpha value is -2.58. The van der Waals surface area contributed by atoms with E-state index in [0.29, 0.717) is 36.5 Å². The van der Waals surface area contributed by atoms with Crippen LogP contribution in [0, 0.1) is 5.82 Å². The van der Waals surface area contributed by atoms with Crippen molar-refractivity contribution in [3.63, 3.8) is 0 Å². The Morgan fingerprint density at radius 1 is 1.15 bits per heavy atom. The second-order valence-corrected chi connectivity index (χ2v) is 10.3. The molecule has 1 saturated heterocycles. The average molecular weight is 468 g/mol. The lowest BCUT2D eigenvalue weighted by atomic mass is 9.75. The second kappa shape index (κ2) is 8.27. The molecule has 0 bridgehead atoms. The number of fused-ring (bicyclic) bond motifs is 2. The summed E-state index contributed by atoms with van der Waals surface area (Å²) in [6.45, 7) is 8.46. The molecule has 0 aromatic heterocycles.